The van der Waals surface area contributed by atoms with Crippen LogP contribution in [0.2, 0.25) is 0 Å². The van der Waals surface area contributed by atoms with Gasteiger partial charge in [-0.05, 0) is 5.92 Å². The van der Waals surface area contributed by atoms with Gasteiger partial charge in [-0.3, -0.25) is 0 Å². The highest BCUT2D eigenvalue weighted by atomic mass is 19.1. The fourth-order valence-corrected chi connectivity index (χ4v) is 0.991. The molecular formula is C12H17FN4O3. The smallest absolute Gasteiger partial charge is 0.434 e. The predicted molar refractivity (Wildman–Crippen MR) is 70.6 cm³/mol. The lowest BCUT2D eigenvalue weighted by Gasteiger charge is -2.07. The molecule has 0 aliphatic rings. The first-order valence-corrected chi connectivity index (χ1v) is 5.96. The fraction of sp³-hybridized carbons (Fsp3) is 0.500. The van der Waals surface area contributed by atoms with Gasteiger partial charge in [0.25, 0.3) is 0 Å². The van der Waals surface area contributed by atoms with Crippen molar-refractivity contribution in [2.24, 2.45) is 10.9 Å². The molecule has 1 aromatic heterocycles. The Kier molecular flexibility index (Phi) is 5.82. The van der Waals surface area contributed by atoms with Crippen molar-refractivity contribution in [2.75, 3.05) is 20.7 Å². The monoisotopic (exact) mass is 284 g/mol. The highest BCUT2D eigenvalue weighted by Gasteiger charge is 2.12. The summed E-state index contributed by atoms with van der Waals surface area (Å²) < 4.78 is 22.9. The summed E-state index contributed by atoms with van der Waals surface area (Å²) in [5.74, 6) is -0.761. The SMILES string of the molecule is CC(C)COC(=O)Oc1ncc(F)c(N=CN(C)C)n1. The highest BCUT2D eigenvalue weighted by molar-refractivity contribution is 5.63. The summed E-state index contributed by atoms with van der Waals surface area (Å²) in [5, 5.41) is 0. The molecule has 20 heavy (non-hydrogen) atoms. The zero-order valence-electron chi connectivity index (χ0n) is 11.8. The summed E-state index contributed by atoms with van der Waals surface area (Å²) in [5.41, 5.74) is 0. The van der Waals surface area contributed by atoms with E-state index in [2.05, 4.69) is 15.0 Å². The van der Waals surface area contributed by atoms with Gasteiger partial charge >= 0.3 is 12.2 Å². The Morgan fingerprint density at radius 2 is 2.25 bits per heavy atom. The van der Waals surface area contributed by atoms with E-state index in [9.17, 15) is 9.18 Å². The van der Waals surface area contributed by atoms with E-state index in [0.717, 1.165) is 6.20 Å². The third kappa shape index (κ3) is 5.59. The van der Waals surface area contributed by atoms with Crippen LogP contribution in [0, 0.1) is 11.7 Å². The van der Waals surface area contributed by atoms with E-state index in [-0.39, 0.29) is 24.4 Å². The number of hydrogen-bond acceptors (Lipinski definition) is 6. The zero-order valence-corrected chi connectivity index (χ0v) is 11.8. The molecule has 7 nitrogen and oxygen atoms in total. The number of carbonyl (C=O) groups is 1. The Bertz CT molecular complexity index is 492. The van der Waals surface area contributed by atoms with Crippen LogP contribution in [-0.2, 0) is 4.74 Å². The Hall–Kier alpha value is -2.25. The normalized spacial score (nSPS) is 10.9. The number of carbonyl (C=O) groups excluding carboxylic acids is 1. The molecule has 0 aliphatic heterocycles. The molecule has 0 N–H and O–H groups in total. The second-order valence-electron chi connectivity index (χ2n) is 4.59. The lowest BCUT2D eigenvalue weighted by molar-refractivity contribution is 0.0855. The third-order valence-electron chi connectivity index (χ3n) is 1.82. The van der Waals surface area contributed by atoms with E-state index in [0.29, 0.717) is 0 Å². The molecule has 1 heterocycles. The average molecular weight is 284 g/mol. The van der Waals surface area contributed by atoms with Gasteiger partial charge in [-0.15, -0.1) is 0 Å². The van der Waals surface area contributed by atoms with Crippen molar-refractivity contribution in [3.8, 4) is 6.01 Å². The van der Waals surface area contributed by atoms with E-state index in [1.54, 1.807) is 19.0 Å². The Morgan fingerprint density at radius 3 is 2.85 bits per heavy atom. The van der Waals surface area contributed by atoms with Gasteiger partial charge in [0.2, 0.25) is 0 Å². The van der Waals surface area contributed by atoms with Crippen molar-refractivity contribution in [3.05, 3.63) is 12.0 Å². The van der Waals surface area contributed by atoms with Crippen molar-refractivity contribution < 1.29 is 18.7 Å². The molecule has 0 fully saturated rings. The van der Waals surface area contributed by atoms with Gasteiger partial charge in [-0.2, -0.15) is 4.98 Å². The lowest BCUT2D eigenvalue weighted by Crippen LogP contribution is -2.15. The minimum Gasteiger partial charge on any atom is -0.434 e. The van der Waals surface area contributed by atoms with Crippen molar-refractivity contribution in [3.63, 3.8) is 0 Å². The van der Waals surface area contributed by atoms with E-state index >= 15 is 0 Å². The molecule has 1 rings (SSSR count). The highest BCUT2D eigenvalue weighted by Crippen LogP contribution is 2.16. The van der Waals surface area contributed by atoms with E-state index in [1.807, 2.05) is 13.8 Å². The minimum absolute atomic E-state index is 0.178. The molecular weight excluding hydrogens is 267 g/mol. The molecule has 0 atom stereocenters. The van der Waals surface area contributed by atoms with Crippen LogP contribution >= 0.6 is 0 Å². The van der Waals surface area contributed by atoms with Crippen molar-refractivity contribution >= 4 is 18.3 Å². The maximum atomic E-state index is 13.4. The maximum absolute atomic E-state index is 13.4. The molecule has 0 aromatic carbocycles. The number of hydrogen-bond donors (Lipinski definition) is 0. The summed E-state index contributed by atoms with van der Waals surface area (Å²) in [4.78, 5) is 23.9. The second kappa shape index (κ2) is 7.37. The predicted octanol–water partition coefficient (Wildman–Crippen LogP) is 2.01. The first kappa shape index (κ1) is 15.8. The summed E-state index contributed by atoms with van der Waals surface area (Å²) >= 11 is 0. The van der Waals surface area contributed by atoms with Gasteiger partial charge in [0.05, 0.1) is 19.1 Å². The van der Waals surface area contributed by atoms with Gasteiger partial charge in [0.1, 0.15) is 0 Å². The van der Waals surface area contributed by atoms with Crippen LogP contribution in [0.1, 0.15) is 13.8 Å². The summed E-state index contributed by atoms with van der Waals surface area (Å²) in [6.45, 7) is 3.98. The molecule has 8 heteroatoms. The van der Waals surface area contributed by atoms with Gasteiger partial charge in [0, 0.05) is 14.1 Å². The Balaban J connectivity index is 2.72. The van der Waals surface area contributed by atoms with Crippen LogP contribution in [0.15, 0.2) is 11.2 Å². The van der Waals surface area contributed by atoms with Gasteiger partial charge in [0.15, 0.2) is 11.6 Å². The largest absolute Gasteiger partial charge is 0.516 e. The number of ether oxygens (including phenoxy) is 2. The quantitative estimate of drug-likeness (QED) is 0.467. The molecule has 0 saturated carbocycles. The number of nitrogens with zero attached hydrogens (tertiary/aromatic N) is 4. The average Bonchev–Trinajstić information content (AvgIpc) is 2.37. The van der Waals surface area contributed by atoms with E-state index < -0.39 is 12.0 Å². The molecule has 0 radical (unpaired) electrons. The van der Waals surface area contributed by atoms with E-state index in [1.165, 1.54) is 6.34 Å². The fourth-order valence-electron chi connectivity index (χ4n) is 0.991. The van der Waals surface area contributed by atoms with Crippen LogP contribution in [0.25, 0.3) is 0 Å². The van der Waals surface area contributed by atoms with Crippen molar-refractivity contribution in [1.29, 1.82) is 0 Å². The van der Waals surface area contributed by atoms with Crippen LogP contribution in [-0.4, -0.2) is 48.1 Å². The molecule has 0 aliphatic carbocycles. The minimum atomic E-state index is -0.937. The lowest BCUT2D eigenvalue weighted by atomic mass is 10.2. The zero-order chi connectivity index (χ0) is 15.1. The first-order valence-electron chi connectivity index (χ1n) is 5.96. The molecule has 0 spiro atoms. The number of halogens is 1. The first-order chi connectivity index (χ1) is 9.38. The maximum Gasteiger partial charge on any atom is 0.516 e. The van der Waals surface area contributed by atoms with Crippen LogP contribution < -0.4 is 4.74 Å². The number of aliphatic imine (C=N–C) groups is 1. The van der Waals surface area contributed by atoms with Crippen molar-refractivity contribution in [1.82, 2.24) is 14.9 Å². The molecule has 110 valence electrons. The molecule has 0 amide bonds. The van der Waals surface area contributed by atoms with Crippen LogP contribution in [0.4, 0.5) is 15.0 Å². The molecule has 0 bridgehead atoms. The molecule has 0 unspecified atom stereocenters. The summed E-state index contributed by atoms with van der Waals surface area (Å²) in [7, 11) is 3.45. The molecule has 0 saturated heterocycles. The topological polar surface area (TPSA) is 76.9 Å². The summed E-state index contributed by atoms with van der Waals surface area (Å²) in [6, 6.07) is -0.314. The number of rotatable bonds is 5. The van der Waals surface area contributed by atoms with Crippen LogP contribution in [0.3, 0.4) is 0 Å². The standard InChI is InChI=1S/C12H17FN4O3/c1-8(2)6-19-12(18)20-11-14-5-9(13)10(16-11)15-7-17(3)4/h5,7-8H,6H2,1-4H3. The van der Waals surface area contributed by atoms with Crippen LogP contribution in [0.5, 0.6) is 6.01 Å². The summed E-state index contributed by atoms with van der Waals surface area (Å²) in [6.07, 6.45) is 1.31. The van der Waals surface area contributed by atoms with Crippen molar-refractivity contribution in [2.45, 2.75) is 13.8 Å². The third-order valence-corrected chi connectivity index (χ3v) is 1.82. The van der Waals surface area contributed by atoms with Gasteiger partial charge in [-0.1, -0.05) is 13.8 Å². The van der Waals surface area contributed by atoms with Gasteiger partial charge in [-0.25, -0.2) is 19.2 Å². The van der Waals surface area contributed by atoms with E-state index in [4.69, 9.17) is 9.47 Å². The van der Waals surface area contributed by atoms with Gasteiger partial charge < -0.3 is 14.4 Å². The number of aromatic nitrogens is 2. The molecule has 1 aromatic rings. The Labute approximate surface area is 116 Å². The second-order valence-corrected chi connectivity index (χ2v) is 4.59. The Morgan fingerprint density at radius 1 is 1.55 bits per heavy atom.